The van der Waals surface area contributed by atoms with Crippen LogP contribution in [-0.4, -0.2) is 25.0 Å². The summed E-state index contributed by atoms with van der Waals surface area (Å²) in [6, 6.07) is 7.06. The zero-order chi connectivity index (χ0) is 11.3. The number of hydrogen-bond acceptors (Lipinski definition) is 3. The number of aliphatic hydroxyl groups is 1. The molecule has 1 aromatic rings. The van der Waals surface area contributed by atoms with Gasteiger partial charge in [-0.05, 0) is 11.6 Å². The number of alkyl halides is 1. The van der Waals surface area contributed by atoms with Crippen molar-refractivity contribution in [2.24, 2.45) is 0 Å². The standard InChI is InChI=1S/C10H12ClNO3/c1-15-10(14)12(7-13)9-5-3-2-4-8(9)6-11/h2-5,13H,6-7H2,1H3. The molecule has 1 rings (SSSR count). The predicted octanol–water partition coefficient (Wildman–Crippen LogP) is 1.95. The molecule has 0 saturated heterocycles. The number of nitrogens with zero attached hydrogens (tertiary/aromatic N) is 1. The Morgan fingerprint density at radius 3 is 2.73 bits per heavy atom. The van der Waals surface area contributed by atoms with Crippen molar-refractivity contribution in [2.45, 2.75) is 5.88 Å². The predicted molar refractivity (Wildman–Crippen MR) is 58.0 cm³/mol. The summed E-state index contributed by atoms with van der Waals surface area (Å²) in [5, 5.41) is 9.08. The molecule has 0 aliphatic carbocycles. The molecule has 0 atom stereocenters. The van der Waals surface area contributed by atoms with Gasteiger partial charge in [-0.3, -0.25) is 4.90 Å². The van der Waals surface area contributed by atoms with Crippen LogP contribution in [0.5, 0.6) is 0 Å². The first-order chi connectivity index (χ1) is 7.24. The van der Waals surface area contributed by atoms with Crippen LogP contribution in [0.2, 0.25) is 0 Å². The maximum absolute atomic E-state index is 11.3. The van der Waals surface area contributed by atoms with Crippen LogP contribution in [0.15, 0.2) is 24.3 Å². The molecule has 0 aromatic heterocycles. The molecule has 1 aromatic carbocycles. The lowest BCUT2D eigenvalue weighted by Crippen LogP contribution is -2.32. The summed E-state index contributed by atoms with van der Waals surface area (Å²) in [6.45, 7) is -0.444. The first-order valence-electron chi connectivity index (χ1n) is 4.34. The normalized spacial score (nSPS) is 9.80. The van der Waals surface area contributed by atoms with E-state index >= 15 is 0 Å². The highest BCUT2D eigenvalue weighted by Crippen LogP contribution is 2.22. The highest BCUT2D eigenvalue weighted by molar-refractivity contribution is 6.17. The number of para-hydroxylation sites is 1. The second-order valence-electron chi connectivity index (χ2n) is 2.80. The quantitative estimate of drug-likeness (QED) is 0.637. The van der Waals surface area contributed by atoms with Gasteiger partial charge in [-0.2, -0.15) is 0 Å². The number of halogens is 1. The Hall–Kier alpha value is -1.26. The smallest absolute Gasteiger partial charge is 0.415 e. The van der Waals surface area contributed by atoms with Crippen LogP contribution < -0.4 is 4.90 Å². The van der Waals surface area contributed by atoms with Crippen LogP contribution in [-0.2, 0) is 10.6 Å². The summed E-state index contributed by atoms with van der Waals surface area (Å²) in [7, 11) is 1.26. The van der Waals surface area contributed by atoms with Gasteiger partial charge in [-0.25, -0.2) is 4.79 Å². The van der Waals surface area contributed by atoms with Crippen molar-refractivity contribution in [3.63, 3.8) is 0 Å². The number of carbonyl (C=O) groups excluding carboxylic acids is 1. The summed E-state index contributed by atoms with van der Waals surface area (Å²) >= 11 is 5.72. The summed E-state index contributed by atoms with van der Waals surface area (Å²) in [4.78, 5) is 12.4. The van der Waals surface area contributed by atoms with Gasteiger partial charge in [-0.1, -0.05) is 18.2 Å². The molecule has 0 spiro atoms. The van der Waals surface area contributed by atoms with Gasteiger partial charge < -0.3 is 9.84 Å². The van der Waals surface area contributed by atoms with E-state index in [1.165, 1.54) is 7.11 Å². The van der Waals surface area contributed by atoms with E-state index < -0.39 is 12.8 Å². The molecule has 1 N–H and O–H groups in total. The fraction of sp³-hybridized carbons (Fsp3) is 0.300. The molecule has 0 unspecified atom stereocenters. The molecule has 82 valence electrons. The number of hydrogen-bond donors (Lipinski definition) is 1. The fourth-order valence-electron chi connectivity index (χ4n) is 1.23. The first kappa shape index (κ1) is 11.8. The molecule has 15 heavy (non-hydrogen) atoms. The molecular weight excluding hydrogens is 218 g/mol. The van der Waals surface area contributed by atoms with E-state index in [2.05, 4.69) is 4.74 Å². The van der Waals surface area contributed by atoms with Gasteiger partial charge in [0.05, 0.1) is 12.8 Å². The van der Waals surface area contributed by atoms with Crippen LogP contribution in [0.4, 0.5) is 10.5 Å². The highest BCUT2D eigenvalue weighted by atomic mass is 35.5. The molecule has 1 amide bonds. The van der Waals surface area contributed by atoms with Gasteiger partial charge in [0.25, 0.3) is 0 Å². The number of methoxy groups -OCH3 is 1. The summed E-state index contributed by atoms with van der Waals surface area (Å²) < 4.78 is 4.54. The molecule has 0 aliphatic heterocycles. The lowest BCUT2D eigenvalue weighted by molar-refractivity contribution is 0.168. The average Bonchev–Trinajstić information content (AvgIpc) is 2.30. The molecule has 5 heteroatoms. The molecule has 0 heterocycles. The first-order valence-corrected chi connectivity index (χ1v) is 4.88. The van der Waals surface area contributed by atoms with Crippen molar-refractivity contribution < 1.29 is 14.6 Å². The molecule has 0 bridgehead atoms. The molecule has 4 nitrogen and oxygen atoms in total. The van der Waals surface area contributed by atoms with Crippen molar-refractivity contribution in [2.75, 3.05) is 18.7 Å². The second-order valence-corrected chi connectivity index (χ2v) is 3.07. The van der Waals surface area contributed by atoms with Gasteiger partial charge in [0, 0.05) is 5.88 Å². The Kier molecular flexibility index (Phi) is 4.39. The van der Waals surface area contributed by atoms with Gasteiger partial charge in [0.15, 0.2) is 0 Å². The molecular formula is C10H12ClNO3. The Morgan fingerprint density at radius 1 is 1.53 bits per heavy atom. The Labute approximate surface area is 93.0 Å². The molecule has 0 radical (unpaired) electrons. The van der Waals surface area contributed by atoms with Crippen LogP contribution in [0.1, 0.15) is 5.56 Å². The fourth-order valence-corrected chi connectivity index (χ4v) is 1.46. The Morgan fingerprint density at radius 2 is 2.20 bits per heavy atom. The number of rotatable bonds is 3. The molecule has 0 fully saturated rings. The van der Waals surface area contributed by atoms with Crippen LogP contribution in [0.3, 0.4) is 0 Å². The van der Waals surface area contributed by atoms with Gasteiger partial charge in [0.1, 0.15) is 6.73 Å². The highest BCUT2D eigenvalue weighted by Gasteiger charge is 2.17. The minimum absolute atomic E-state index is 0.268. The monoisotopic (exact) mass is 229 g/mol. The third-order valence-corrected chi connectivity index (χ3v) is 2.25. The zero-order valence-electron chi connectivity index (χ0n) is 8.31. The third-order valence-electron chi connectivity index (χ3n) is 1.96. The number of anilines is 1. The van der Waals surface area contributed by atoms with Crippen LogP contribution in [0, 0.1) is 0 Å². The van der Waals surface area contributed by atoms with Gasteiger partial charge in [-0.15, -0.1) is 11.6 Å². The minimum Gasteiger partial charge on any atom is -0.452 e. The van der Waals surface area contributed by atoms with Crippen molar-refractivity contribution in [1.29, 1.82) is 0 Å². The van der Waals surface area contributed by atoms with E-state index in [-0.39, 0.29) is 5.88 Å². The van der Waals surface area contributed by atoms with Crippen LogP contribution >= 0.6 is 11.6 Å². The number of benzene rings is 1. The minimum atomic E-state index is -0.616. The van der Waals surface area contributed by atoms with E-state index in [9.17, 15) is 4.79 Å². The number of carbonyl (C=O) groups is 1. The van der Waals surface area contributed by atoms with E-state index in [0.29, 0.717) is 5.69 Å². The number of ether oxygens (including phenoxy) is 1. The summed E-state index contributed by atoms with van der Waals surface area (Å²) in [6.07, 6.45) is -0.616. The topological polar surface area (TPSA) is 49.8 Å². The van der Waals surface area contributed by atoms with Crippen molar-refractivity contribution in [3.05, 3.63) is 29.8 Å². The van der Waals surface area contributed by atoms with E-state index in [4.69, 9.17) is 16.7 Å². The summed E-state index contributed by atoms with van der Waals surface area (Å²) in [5.74, 6) is 0.268. The largest absolute Gasteiger partial charge is 0.452 e. The maximum atomic E-state index is 11.3. The lowest BCUT2D eigenvalue weighted by Gasteiger charge is -2.20. The number of amides is 1. The van der Waals surface area contributed by atoms with Gasteiger partial charge >= 0.3 is 6.09 Å². The van der Waals surface area contributed by atoms with Crippen molar-refractivity contribution in [3.8, 4) is 0 Å². The van der Waals surface area contributed by atoms with Crippen LogP contribution in [0.25, 0.3) is 0 Å². The van der Waals surface area contributed by atoms with Crippen molar-refractivity contribution >= 4 is 23.4 Å². The second kappa shape index (κ2) is 5.58. The third kappa shape index (κ3) is 2.61. The molecule has 0 aliphatic rings. The lowest BCUT2D eigenvalue weighted by atomic mass is 10.2. The Bertz CT molecular complexity index is 343. The van der Waals surface area contributed by atoms with E-state index in [1.807, 2.05) is 6.07 Å². The summed E-state index contributed by atoms with van der Waals surface area (Å²) in [5.41, 5.74) is 1.32. The zero-order valence-corrected chi connectivity index (χ0v) is 9.07. The average molecular weight is 230 g/mol. The van der Waals surface area contributed by atoms with Gasteiger partial charge in [0.2, 0.25) is 0 Å². The van der Waals surface area contributed by atoms with E-state index in [0.717, 1.165) is 10.5 Å². The number of aliphatic hydroxyl groups excluding tert-OH is 1. The van der Waals surface area contributed by atoms with E-state index in [1.54, 1.807) is 18.2 Å². The van der Waals surface area contributed by atoms with Crippen molar-refractivity contribution in [1.82, 2.24) is 0 Å². The molecule has 0 saturated carbocycles. The SMILES string of the molecule is COC(=O)N(CO)c1ccccc1CCl. The maximum Gasteiger partial charge on any atom is 0.415 e. The Balaban J connectivity index is 3.05.